The molecule has 8 nitrogen and oxygen atoms in total. The Labute approximate surface area is 93.8 Å². The molecule has 0 aromatic rings. The first kappa shape index (κ1) is 16.2. The van der Waals surface area contributed by atoms with E-state index in [9.17, 15) is 9.13 Å². The van der Waals surface area contributed by atoms with Crippen molar-refractivity contribution in [2.75, 3.05) is 25.7 Å². The molecule has 0 rings (SSSR count). The first-order chi connectivity index (χ1) is 7.21. The van der Waals surface area contributed by atoms with Crippen molar-refractivity contribution >= 4 is 15.2 Å². The van der Waals surface area contributed by atoms with Crippen LogP contribution in [0.15, 0.2) is 0 Å². The molecule has 98 valence electrons. The van der Waals surface area contributed by atoms with Crippen LogP contribution in [-0.4, -0.2) is 45.2 Å². The molecular weight excluding hydrogens is 258 g/mol. The molecule has 16 heavy (non-hydrogen) atoms. The van der Waals surface area contributed by atoms with Crippen molar-refractivity contribution in [1.82, 2.24) is 10.6 Å². The van der Waals surface area contributed by atoms with Gasteiger partial charge in [0.1, 0.15) is 0 Å². The van der Waals surface area contributed by atoms with Crippen molar-refractivity contribution in [2.24, 2.45) is 0 Å². The second kappa shape index (κ2) is 7.53. The molecule has 0 saturated carbocycles. The maximum absolute atomic E-state index is 10.4. The van der Waals surface area contributed by atoms with Gasteiger partial charge in [0.25, 0.3) is 0 Å². The predicted molar refractivity (Wildman–Crippen MR) is 59.1 cm³/mol. The Morgan fingerprint density at radius 3 is 1.31 bits per heavy atom. The van der Waals surface area contributed by atoms with Gasteiger partial charge >= 0.3 is 15.2 Å². The summed E-state index contributed by atoms with van der Waals surface area (Å²) >= 11 is 0. The molecule has 0 aliphatic heterocycles. The lowest BCUT2D eigenvalue weighted by Crippen LogP contribution is -2.20. The first-order valence-electron chi connectivity index (χ1n) is 4.71. The van der Waals surface area contributed by atoms with Gasteiger partial charge in [-0.25, -0.2) is 0 Å². The summed E-state index contributed by atoms with van der Waals surface area (Å²) in [7, 11) is -7.96. The normalized spacial score (nSPS) is 13.0. The monoisotopic (exact) mass is 276 g/mol. The predicted octanol–water partition coefficient (Wildman–Crippen LogP) is -0.784. The fourth-order valence-electron chi connectivity index (χ4n) is 0.949. The van der Waals surface area contributed by atoms with Crippen molar-refractivity contribution in [1.29, 1.82) is 0 Å². The van der Waals surface area contributed by atoms with E-state index >= 15 is 0 Å². The van der Waals surface area contributed by atoms with Crippen LogP contribution in [0.5, 0.6) is 0 Å². The largest absolute Gasteiger partial charge is 0.339 e. The molecule has 0 aliphatic carbocycles. The zero-order valence-electron chi connectivity index (χ0n) is 8.74. The minimum atomic E-state index is -3.98. The Kier molecular flexibility index (Phi) is 7.63. The molecule has 0 unspecified atom stereocenters. The maximum Gasteiger partial charge on any atom is 0.339 e. The summed E-state index contributed by atoms with van der Waals surface area (Å²) in [5.74, 6) is 0. The maximum atomic E-state index is 10.4. The average Bonchev–Trinajstić information content (AvgIpc) is 2.06. The van der Waals surface area contributed by atoms with Crippen LogP contribution in [-0.2, 0) is 9.13 Å². The second-order valence-electron chi connectivity index (χ2n) is 3.35. The van der Waals surface area contributed by atoms with E-state index in [4.69, 9.17) is 19.6 Å². The summed E-state index contributed by atoms with van der Waals surface area (Å²) in [4.78, 5) is 34.0. The molecule has 0 spiro atoms. The van der Waals surface area contributed by atoms with Crippen molar-refractivity contribution in [3.63, 3.8) is 0 Å². The lowest BCUT2D eigenvalue weighted by Gasteiger charge is -2.07. The molecule has 0 aliphatic rings. The Morgan fingerprint density at radius 1 is 0.750 bits per heavy atom. The van der Waals surface area contributed by atoms with E-state index in [1.165, 1.54) is 0 Å². The van der Waals surface area contributed by atoms with Crippen molar-refractivity contribution in [2.45, 2.75) is 12.8 Å². The molecule has 0 aromatic heterocycles. The van der Waals surface area contributed by atoms with E-state index < -0.39 is 15.2 Å². The van der Waals surface area contributed by atoms with Crippen molar-refractivity contribution < 1.29 is 28.7 Å². The van der Waals surface area contributed by atoms with Crippen LogP contribution in [0.1, 0.15) is 12.8 Å². The number of rotatable bonds is 9. The third-order valence-corrected chi connectivity index (χ3v) is 2.86. The third-order valence-electron chi connectivity index (χ3n) is 1.59. The zero-order chi connectivity index (χ0) is 12.7. The van der Waals surface area contributed by atoms with Gasteiger partial charge in [-0.2, -0.15) is 0 Å². The first-order valence-corrected chi connectivity index (χ1v) is 8.31. The molecule has 0 saturated heterocycles. The van der Waals surface area contributed by atoms with Gasteiger partial charge in [0.15, 0.2) is 0 Å². The zero-order valence-corrected chi connectivity index (χ0v) is 10.5. The molecule has 0 atom stereocenters. The molecule has 10 heteroatoms. The molecule has 0 radical (unpaired) electrons. The van der Waals surface area contributed by atoms with E-state index in [-0.39, 0.29) is 12.6 Å². The van der Waals surface area contributed by atoms with Crippen LogP contribution >= 0.6 is 15.2 Å². The van der Waals surface area contributed by atoms with Gasteiger partial charge < -0.3 is 30.2 Å². The van der Waals surface area contributed by atoms with Crippen LogP contribution < -0.4 is 10.6 Å². The van der Waals surface area contributed by atoms with E-state index in [0.29, 0.717) is 25.9 Å². The lowest BCUT2D eigenvalue weighted by molar-refractivity contribution is 0.364. The average molecular weight is 276 g/mol. The fourth-order valence-corrected chi connectivity index (χ4v) is 1.85. The number of hydrogen-bond donors (Lipinski definition) is 6. The standard InChI is InChI=1S/C6H18N2O6P2/c9-15(10,11)5-7-3-1-2-4-8-6-16(12,13)14/h7-8H,1-6H2,(H2,9,10,11)(H2,12,13,14). The molecule has 0 fully saturated rings. The summed E-state index contributed by atoms with van der Waals surface area (Å²) in [6.07, 6.45) is 0.661. The van der Waals surface area contributed by atoms with Crippen LogP contribution in [0.3, 0.4) is 0 Å². The number of hydrogen-bond acceptors (Lipinski definition) is 4. The van der Waals surface area contributed by atoms with Crippen LogP contribution in [0, 0.1) is 0 Å². The van der Waals surface area contributed by atoms with E-state index in [0.717, 1.165) is 0 Å². The van der Waals surface area contributed by atoms with Crippen LogP contribution in [0.25, 0.3) is 0 Å². The van der Waals surface area contributed by atoms with E-state index in [2.05, 4.69) is 10.6 Å². The molecular formula is C6H18N2O6P2. The topological polar surface area (TPSA) is 139 Å². The minimum Gasteiger partial charge on any atom is -0.324 e. The minimum absolute atomic E-state index is 0.344. The molecule has 6 N–H and O–H groups in total. The molecule has 0 aromatic carbocycles. The Bertz CT molecular complexity index is 246. The smallest absolute Gasteiger partial charge is 0.324 e. The van der Waals surface area contributed by atoms with E-state index in [1.54, 1.807) is 0 Å². The summed E-state index contributed by atoms with van der Waals surface area (Å²) in [5, 5.41) is 5.18. The van der Waals surface area contributed by atoms with Gasteiger partial charge in [-0.1, -0.05) is 0 Å². The molecule has 0 bridgehead atoms. The SMILES string of the molecule is O=P(O)(O)CNCCCCNCP(=O)(O)O. The number of unbranched alkanes of at least 4 members (excludes halogenated alkanes) is 1. The highest BCUT2D eigenvalue weighted by molar-refractivity contribution is 7.51. The van der Waals surface area contributed by atoms with Crippen molar-refractivity contribution in [3.8, 4) is 0 Å². The summed E-state index contributed by atoms with van der Waals surface area (Å²) < 4.78 is 20.8. The Hall–Kier alpha value is 0.220. The summed E-state index contributed by atoms with van der Waals surface area (Å²) in [5.41, 5.74) is 0. The van der Waals surface area contributed by atoms with Gasteiger partial charge in [0, 0.05) is 0 Å². The highest BCUT2D eigenvalue weighted by Gasteiger charge is 2.11. The molecule has 0 amide bonds. The van der Waals surface area contributed by atoms with Gasteiger partial charge in [-0.05, 0) is 25.9 Å². The van der Waals surface area contributed by atoms with Gasteiger partial charge in [0.05, 0.1) is 12.6 Å². The van der Waals surface area contributed by atoms with Crippen LogP contribution in [0.2, 0.25) is 0 Å². The highest BCUT2D eigenvalue weighted by atomic mass is 31.2. The Balaban J connectivity index is 3.23. The highest BCUT2D eigenvalue weighted by Crippen LogP contribution is 2.32. The summed E-state index contributed by atoms with van der Waals surface area (Å²) in [6, 6.07) is 0. The Morgan fingerprint density at radius 2 is 1.06 bits per heavy atom. The number of nitrogens with one attached hydrogen (secondary N) is 2. The van der Waals surface area contributed by atoms with Crippen molar-refractivity contribution in [3.05, 3.63) is 0 Å². The van der Waals surface area contributed by atoms with Gasteiger partial charge in [0.2, 0.25) is 0 Å². The second-order valence-corrected chi connectivity index (χ2v) is 6.64. The fraction of sp³-hybridized carbons (Fsp3) is 1.00. The van der Waals surface area contributed by atoms with Gasteiger partial charge in [-0.15, -0.1) is 0 Å². The molecule has 0 heterocycles. The summed E-state index contributed by atoms with van der Waals surface area (Å²) in [6.45, 7) is 0.922. The quantitative estimate of drug-likeness (QED) is 0.238. The van der Waals surface area contributed by atoms with E-state index in [1.807, 2.05) is 0 Å². The lowest BCUT2D eigenvalue weighted by atomic mass is 10.3. The third kappa shape index (κ3) is 14.2. The van der Waals surface area contributed by atoms with Gasteiger partial charge in [-0.3, -0.25) is 9.13 Å². The van der Waals surface area contributed by atoms with Crippen LogP contribution in [0.4, 0.5) is 0 Å².